The first-order chi connectivity index (χ1) is 14.2. The van der Waals surface area contributed by atoms with Gasteiger partial charge in [0.05, 0.1) is 0 Å². The largest absolute Gasteiger partial charge is 0.356 e. The fourth-order valence-corrected chi connectivity index (χ4v) is 3.56. The Labute approximate surface area is 175 Å². The highest BCUT2D eigenvalue weighted by Crippen LogP contribution is 2.14. The van der Waals surface area contributed by atoms with Crippen molar-refractivity contribution >= 4 is 11.8 Å². The van der Waals surface area contributed by atoms with E-state index < -0.39 is 0 Å². The predicted molar refractivity (Wildman–Crippen MR) is 122 cm³/mol. The molecule has 0 amide bonds. The Morgan fingerprint density at radius 1 is 1.07 bits per heavy atom. The highest BCUT2D eigenvalue weighted by atomic mass is 15.3. The average molecular weight is 395 g/mol. The minimum atomic E-state index is 0.420. The second-order valence-corrected chi connectivity index (χ2v) is 7.56. The first-order valence-corrected chi connectivity index (χ1v) is 10.6. The van der Waals surface area contributed by atoms with Gasteiger partial charge >= 0.3 is 0 Å². The van der Waals surface area contributed by atoms with Gasteiger partial charge < -0.3 is 20.4 Å². The number of nitrogens with zero attached hydrogens (tertiary/aromatic N) is 4. The first kappa shape index (κ1) is 21.1. The van der Waals surface area contributed by atoms with E-state index in [0.29, 0.717) is 12.5 Å². The molecule has 1 atom stereocenters. The van der Waals surface area contributed by atoms with Crippen LogP contribution in [0.4, 0.5) is 5.82 Å². The number of rotatable bonds is 7. The monoisotopic (exact) mass is 394 g/mol. The normalized spacial score (nSPS) is 16.5. The molecule has 156 valence electrons. The molecule has 6 nitrogen and oxygen atoms in total. The van der Waals surface area contributed by atoms with E-state index in [9.17, 15) is 0 Å². The molecule has 0 radical (unpaired) electrons. The molecule has 0 saturated carbocycles. The Bertz CT molecular complexity index is 751. The molecule has 1 aliphatic heterocycles. The Morgan fingerprint density at radius 2 is 1.83 bits per heavy atom. The maximum atomic E-state index is 4.68. The van der Waals surface area contributed by atoms with Gasteiger partial charge in [-0.2, -0.15) is 0 Å². The van der Waals surface area contributed by atoms with Crippen molar-refractivity contribution in [2.75, 3.05) is 51.2 Å². The summed E-state index contributed by atoms with van der Waals surface area (Å²) in [5.41, 5.74) is 2.48. The van der Waals surface area contributed by atoms with E-state index in [-0.39, 0.29) is 0 Å². The molecule has 29 heavy (non-hydrogen) atoms. The van der Waals surface area contributed by atoms with Crippen LogP contribution in [0, 0.1) is 0 Å². The summed E-state index contributed by atoms with van der Waals surface area (Å²) in [6.45, 7) is 11.4. The Hall–Kier alpha value is -2.60. The van der Waals surface area contributed by atoms with Crippen LogP contribution in [0.15, 0.2) is 53.7 Å². The first-order valence-electron chi connectivity index (χ1n) is 10.6. The molecule has 0 aliphatic carbocycles. The van der Waals surface area contributed by atoms with Gasteiger partial charge in [-0.1, -0.05) is 50.2 Å². The zero-order chi connectivity index (χ0) is 20.5. The van der Waals surface area contributed by atoms with Crippen molar-refractivity contribution in [1.29, 1.82) is 0 Å². The fraction of sp³-hybridized carbons (Fsp3) is 0.478. The molecular formula is C23H34N6. The van der Waals surface area contributed by atoms with Crippen molar-refractivity contribution in [2.24, 2.45) is 4.99 Å². The molecule has 1 unspecified atom stereocenters. The second kappa shape index (κ2) is 10.8. The van der Waals surface area contributed by atoms with E-state index in [1.165, 1.54) is 5.56 Å². The molecule has 1 fully saturated rings. The van der Waals surface area contributed by atoms with Gasteiger partial charge in [-0.05, 0) is 29.7 Å². The summed E-state index contributed by atoms with van der Waals surface area (Å²) in [6.07, 6.45) is 1.97. The summed E-state index contributed by atoms with van der Waals surface area (Å²) in [4.78, 5) is 13.9. The van der Waals surface area contributed by atoms with Gasteiger partial charge in [-0.3, -0.25) is 4.99 Å². The Balaban J connectivity index is 1.45. The third-order valence-electron chi connectivity index (χ3n) is 5.58. The number of guanidine groups is 1. The summed E-state index contributed by atoms with van der Waals surface area (Å²) in [6, 6.07) is 14.8. The van der Waals surface area contributed by atoms with E-state index in [4.69, 9.17) is 0 Å². The zero-order valence-electron chi connectivity index (χ0n) is 17.9. The van der Waals surface area contributed by atoms with Crippen molar-refractivity contribution in [3.63, 3.8) is 0 Å². The Kier molecular flexibility index (Phi) is 7.87. The van der Waals surface area contributed by atoms with Crippen LogP contribution >= 0.6 is 0 Å². The highest BCUT2D eigenvalue weighted by molar-refractivity contribution is 5.79. The van der Waals surface area contributed by atoms with Gasteiger partial charge in [0, 0.05) is 52.5 Å². The van der Waals surface area contributed by atoms with E-state index in [2.05, 4.69) is 86.7 Å². The minimum absolute atomic E-state index is 0.420. The van der Waals surface area contributed by atoms with Crippen molar-refractivity contribution in [3.8, 4) is 0 Å². The number of benzene rings is 1. The summed E-state index contributed by atoms with van der Waals surface area (Å²) in [7, 11) is 1.81. The minimum Gasteiger partial charge on any atom is -0.356 e. The lowest BCUT2D eigenvalue weighted by molar-refractivity contribution is 0.270. The molecule has 1 aromatic heterocycles. The number of pyridine rings is 1. The summed E-state index contributed by atoms with van der Waals surface area (Å²) in [5, 5.41) is 6.80. The average Bonchev–Trinajstić information content (AvgIpc) is 2.80. The smallest absolute Gasteiger partial charge is 0.191 e. The number of nitrogens with one attached hydrogen (secondary N) is 2. The third-order valence-corrected chi connectivity index (χ3v) is 5.58. The molecule has 2 heterocycles. The van der Waals surface area contributed by atoms with Gasteiger partial charge in [-0.15, -0.1) is 0 Å². The van der Waals surface area contributed by atoms with Gasteiger partial charge in [0.15, 0.2) is 5.96 Å². The van der Waals surface area contributed by atoms with Crippen molar-refractivity contribution in [1.82, 2.24) is 20.5 Å². The standard InChI is InChI=1S/C23H34N6/c1-4-28-12-14-29(15-13-28)22-11-10-20(17-25-22)18-27-23(24-3)26-16-19(2)21-8-6-5-7-9-21/h5-11,17,19H,4,12-16,18H2,1-3H3,(H2,24,26,27). The highest BCUT2D eigenvalue weighted by Gasteiger charge is 2.16. The van der Waals surface area contributed by atoms with Crippen LogP contribution in [0.25, 0.3) is 0 Å². The topological polar surface area (TPSA) is 55.8 Å². The number of hydrogen-bond donors (Lipinski definition) is 2. The van der Waals surface area contributed by atoms with E-state index >= 15 is 0 Å². The van der Waals surface area contributed by atoms with Crippen LogP contribution in [0.5, 0.6) is 0 Å². The second-order valence-electron chi connectivity index (χ2n) is 7.56. The van der Waals surface area contributed by atoms with Crippen LogP contribution in [-0.2, 0) is 6.54 Å². The SMILES string of the molecule is CCN1CCN(c2ccc(CNC(=NC)NCC(C)c3ccccc3)cn2)CC1. The summed E-state index contributed by atoms with van der Waals surface area (Å²) < 4.78 is 0. The fourth-order valence-electron chi connectivity index (χ4n) is 3.56. The van der Waals surface area contributed by atoms with E-state index in [1.54, 1.807) is 7.05 Å². The molecule has 1 saturated heterocycles. The van der Waals surface area contributed by atoms with Crippen LogP contribution < -0.4 is 15.5 Å². The predicted octanol–water partition coefficient (Wildman–Crippen LogP) is 2.69. The molecule has 1 aliphatic rings. The van der Waals surface area contributed by atoms with Crippen molar-refractivity contribution < 1.29 is 0 Å². The molecule has 2 N–H and O–H groups in total. The molecule has 3 rings (SSSR count). The lowest BCUT2D eigenvalue weighted by atomic mass is 10.0. The van der Waals surface area contributed by atoms with Gasteiger partial charge in [-0.25, -0.2) is 4.98 Å². The molecule has 6 heteroatoms. The Morgan fingerprint density at radius 3 is 2.45 bits per heavy atom. The van der Waals surface area contributed by atoms with Crippen LogP contribution in [0.2, 0.25) is 0 Å². The lowest BCUT2D eigenvalue weighted by Gasteiger charge is -2.34. The lowest BCUT2D eigenvalue weighted by Crippen LogP contribution is -2.46. The number of piperazine rings is 1. The quantitative estimate of drug-likeness (QED) is 0.559. The van der Waals surface area contributed by atoms with Gasteiger partial charge in [0.2, 0.25) is 0 Å². The maximum absolute atomic E-state index is 4.68. The van der Waals surface area contributed by atoms with E-state index in [1.807, 2.05) is 6.20 Å². The summed E-state index contributed by atoms with van der Waals surface area (Å²) in [5.74, 6) is 2.31. The molecular weight excluding hydrogens is 360 g/mol. The number of anilines is 1. The third kappa shape index (κ3) is 6.19. The van der Waals surface area contributed by atoms with Crippen LogP contribution in [-0.4, -0.2) is 62.2 Å². The van der Waals surface area contributed by atoms with Gasteiger partial charge in [0.1, 0.15) is 5.82 Å². The van der Waals surface area contributed by atoms with Crippen molar-refractivity contribution in [3.05, 3.63) is 59.8 Å². The number of likely N-dealkylation sites (N-methyl/N-ethyl adjacent to an activating group) is 1. The number of hydrogen-bond acceptors (Lipinski definition) is 4. The summed E-state index contributed by atoms with van der Waals surface area (Å²) >= 11 is 0. The molecule has 2 aromatic rings. The van der Waals surface area contributed by atoms with E-state index in [0.717, 1.165) is 56.6 Å². The van der Waals surface area contributed by atoms with Crippen molar-refractivity contribution in [2.45, 2.75) is 26.3 Å². The molecule has 1 aromatic carbocycles. The number of aromatic nitrogens is 1. The van der Waals surface area contributed by atoms with Crippen LogP contribution in [0.3, 0.4) is 0 Å². The van der Waals surface area contributed by atoms with Crippen LogP contribution in [0.1, 0.15) is 30.9 Å². The molecule has 0 bridgehead atoms. The van der Waals surface area contributed by atoms with Gasteiger partial charge in [0.25, 0.3) is 0 Å². The molecule has 0 spiro atoms. The zero-order valence-corrected chi connectivity index (χ0v) is 17.9. The number of aliphatic imine (C=N–C) groups is 1. The maximum Gasteiger partial charge on any atom is 0.191 e.